The number of benzene rings is 1. The topological polar surface area (TPSA) is 83.1 Å². The van der Waals surface area contributed by atoms with Crippen molar-refractivity contribution in [1.82, 2.24) is 4.57 Å². The summed E-state index contributed by atoms with van der Waals surface area (Å²) in [6, 6.07) is 8.27. The van der Waals surface area contributed by atoms with Crippen LogP contribution in [0.2, 0.25) is 0 Å². The normalized spacial score (nSPS) is 10.0. The molecule has 0 radical (unpaired) electrons. The largest absolute Gasteiger partial charge is 0.478 e. The molecule has 0 atom stereocenters. The first-order chi connectivity index (χ1) is 9.52. The van der Waals surface area contributed by atoms with Crippen LogP contribution >= 0.6 is 0 Å². The van der Waals surface area contributed by atoms with Crippen molar-refractivity contribution < 1.29 is 14.3 Å². The van der Waals surface area contributed by atoms with Gasteiger partial charge in [-0.15, -0.1) is 0 Å². The number of carboxylic acid groups (broad SMARTS) is 1. The van der Waals surface area contributed by atoms with E-state index in [0.29, 0.717) is 0 Å². The first kappa shape index (κ1) is 13.5. The van der Waals surface area contributed by atoms with Gasteiger partial charge in [-0.1, -0.05) is 12.1 Å². The standard InChI is InChI=1S/C14H9FN2O3/c15-13-9(6-16)2-1-3-10(13)7-17-8-11(14(19)20)4-5-12(17)18/h1-5,8H,7H2,(H,19,20). The van der Waals surface area contributed by atoms with Crippen molar-refractivity contribution in [2.75, 3.05) is 0 Å². The van der Waals surface area contributed by atoms with Crippen LogP contribution in [0.1, 0.15) is 21.5 Å². The molecule has 1 heterocycles. The smallest absolute Gasteiger partial charge is 0.337 e. The highest BCUT2D eigenvalue weighted by Crippen LogP contribution is 2.13. The molecule has 0 fully saturated rings. The summed E-state index contributed by atoms with van der Waals surface area (Å²) in [7, 11) is 0. The molecule has 1 aromatic carbocycles. The summed E-state index contributed by atoms with van der Waals surface area (Å²) in [5.41, 5.74) is -0.489. The van der Waals surface area contributed by atoms with Gasteiger partial charge in [0.05, 0.1) is 17.7 Å². The molecule has 1 aromatic heterocycles. The fraction of sp³-hybridized carbons (Fsp3) is 0.0714. The van der Waals surface area contributed by atoms with Crippen molar-refractivity contribution in [2.24, 2.45) is 0 Å². The van der Waals surface area contributed by atoms with Crippen molar-refractivity contribution in [2.45, 2.75) is 6.54 Å². The molecule has 0 aliphatic carbocycles. The van der Waals surface area contributed by atoms with Gasteiger partial charge in [0, 0.05) is 17.8 Å². The van der Waals surface area contributed by atoms with Crippen molar-refractivity contribution >= 4 is 5.97 Å². The molecular formula is C14H9FN2O3. The highest BCUT2D eigenvalue weighted by Gasteiger charge is 2.10. The lowest BCUT2D eigenvalue weighted by Gasteiger charge is -2.08. The first-order valence-electron chi connectivity index (χ1n) is 5.64. The van der Waals surface area contributed by atoms with E-state index in [0.717, 1.165) is 16.8 Å². The van der Waals surface area contributed by atoms with Crippen LogP contribution < -0.4 is 5.56 Å². The predicted octanol–water partition coefficient (Wildman–Crippen LogP) is 1.61. The van der Waals surface area contributed by atoms with Crippen LogP contribution in [0.15, 0.2) is 41.3 Å². The molecule has 0 bridgehead atoms. The SMILES string of the molecule is N#Cc1cccc(Cn2cc(C(=O)O)ccc2=O)c1F. The van der Waals surface area contributed by atoms with Crippen molar-refractivity contribution in [3.05, 3.63) is 69.4 Å². The fourth-order valence-corrected chi connectivity index (χ4v) is 1.75. The van der Waals surface area contributed by atoms with Crippen LogP contribution in [0, 0.1) is 17.1 Å². The zero-order valence-corrected chi connectivity index (χ0v) is 10.2. The number of aromatic nitrogens is 1. The minimum atomic E-state index is -1.18. The van der Waals surface area contributed by atoms with Gasteiger partial charge in [-0.3, -0.25) is 4.79 Å². The Morgan fingerprint density at radius 2 is 2.10 bits per heavy atom. The lowest BCUT2D eigenvalue weighted by Crippen LogP contribution is -2.21. The summed E-state index contributed by atoms with van der Waals surface area (Å²) < 4.78 is 15.0. The van der Waals surface area contributed by atoms with E-state index in [-0.39, 0.29) is 23.2 Å². The number of nitrogens with zero attached hydrogens (tertiary/aromatic N) is 2. The van der Waals surface area contributed by atoms with E-state index in [9.17, 15) is 14.0 Å². The lowest BCUT2D eigenvalue weighted by molar-refractivity contribution is 0.0696. The molecule has 0 spiro atoms. The molecule has 0 aliphatic heterocycles. The molecule has 2 aromatic rings. The quantitative estimate of drug-likeness (QED) is 0.920. The molecular weight excluding hydrogens is 263 g/mol. The molecule has 6 heteroatoms. The summed E-state index contributed by atoms with van der Waals surface area (Å²) in [5, 5.41) is 17.6. The number of pyridine rings is 1. The zero-order valence-electron chi connectivity index (χ0n) is 10.2. The molecule has 0 saturated heterocycles. The summed E-state index contributed by atoms with van der Waals surface area (Å²) in [5.74, 6) is -1.88. The van der Waals surface area contributed by atoms with Gasteiger partial charge in [0.2, 0.25) is 0 Å². The maximum Gasteiger partial charge on any atom is 0.337 e. The Bertz CT molecular complexity index is 775. The Hall–Kier alpha value is -2.94. The highest BCUT2D eigenvalue weighted by molar-refractivity contribution is 5.87. The van der Waals surface area contributed by atoms with Gasteiger partial charge in [0.25, 0.3) is 5.56 Å². The molecule has 20 heavy (non-hydrogen) atoms. The second kappa shape index (κ2) is 5.36. The monoisotopic (exact) mass is 272 g/mol. The maximum absolute atomic E-state index is 13.9. The Kier molecular flexibility index (Phi) is 3.62. The van der Waals surface area contributed by atoms with Gasteiger partial charge in [-0.25, -0.2) is 9.18 Å². The first-order valence-corrected chi connectivity index (χ1v) is 5.64. The summed E-state index contributed by atoms with van der Waals surface area (Å²) >= 11 is 0. The van der Waals surface area contributed by atoms with Crippen LogP contribution in [0.25, 0.3) is 0 Å². The fourth-order valence-electron chi connectivity index (χ4n) is 1.75. The van der Waals surface area contributed by atoms with E-state index in [1.165, 1.54) is 24.3 Å². The summed E-state index contributed by atoms with van der Waals surface area (Å²) in [6.07, 6.45) is 1.14. The Morgan fingerprint density at radius 3 is 2.75 bits per heavy atom. The van der Waals surface area contributed by atoms with Crippen LogP contribution in [-0.2, 0) is 6.54 Å². The number of halogens is 1. The van der Waals surface area contributed by atoms with Gasteiger partial charge in [-0.2, -0.15) is 5.26 Å². The predicted molar refractivity (Wildman–Crippen MR) is 67.9 cm³/mol. The summed E-state index contributed by atoms with van der Waals surface area (Å²) in [6.45, 7) is -0.138. The van der Waals surface area contributed by atoms with Gasteiger partial charge in [0.15, 0.2) is 0 Å². The van der Waals surface area contributed by atoms with Crippen LogP contribution in [0.3, 0.4) is 0 Å². The summed E-state index contributed by atoms with van der Waals surface area (Å²) in [4.78, 5) is 22.5. The van der Waals surface area contributed by atoms with Gasteiger partial charge in [-0.05, 0) is 12.1 Å². The number of carboxylic acids is 1. The van der Waals surface area contributed by atoms with Crippen LogP contribution in [-0.4, -0.2) is 15.6 Å². The van der Waals surface area contributed by atoms with E-state index in [1.807, 2.05) is 0 Å². The Morgan fingerprint density at radius 1 is 1.35 bits per heavy atom. The molecule has 100 valence electrons. The molecule has 5 nitrogen and oxygen atoms in total. The minimum Gasteiger partial charge on any atom is -0.478 e. The molecule has 2 rings (SSSR count). The minimum absolute atomic E-state index is 0.0681. The Labute approximate surface area is 113 Å². The van der Waals surface area contributed by atoms with E-state index >= 15 is 0 Å². The van der Waals surface area contributed by atoms with E-state index in [4.69, 9.17) is 10.4 Å². The number of rotatable bonds is 3. The van der Waals surface area contributed by atoms with E-state index in [2.05, 4.69) is 0 Å². The van der Waals surface area contributed by atoms with E-state index < -0.39 is 17.3 Å². The van der Waals surface area contributed by atoms with Gasteiger partial charge >= 0.3 is 5.97 Å². The third kappa shape index (κ3) is 2.57. The number of hydrogen-bond donors (Lipinski definition) is 1. The Balaban J connectivity index is 2.45. The number of hydrogen-bond acceptors (Lipinski definition) is 3. The molecule has 1 N–H and O–H groups in total. The second-order valence-electron chi connectivity index (χ2n) is 4.08. The average molecular weight is 272 g/mol. The van der Waals surface area contributed by atoms with Crippen LogP contribution in [0.5, 0.6) is 0 Å². The number of nitriles is 1. The third-order valence-electron chi connectivity index (χ3n) is 2.77. The van der Waals surface area contributed by atoms with Gasteiger partial charge in [0.1, 0.15) is 11.9 Å². The van der Waals surface area contributed by atoms with E-state index in [1.54, 1.807) is 6.07 Å². The maximum atomic E-state index is 13.9. The molecule has 0 unspecified atom stereocenters. The third-order valence-corrected chi connectivity index (χ3v) is 2.77. The zero-order chi connectivity index (χ0) is 14.7. The average Bonchev–Trinajstić information content (AvgIpc) is 2.43. The second-order valence-corrected chi connectivity index (χ2v) is 4.08. The number of aromatic carboxylic acids is 1. The van der Waals surface area contributed by atoms with Gasteiger partial charge < -0.3 is 9.67 Å². The number of carbonyl (C=O) groups is 1. The van der Waals surface area contributed by atoms with Crippen molar-refractivity contribution in [3.8, 4) is 6.07 Å². The molecule has 0 amide bonds. The van der Waals surface area contributed by atoms with Crippen molar-refractivity contribution in [1.29, 1.82) is 5.26 Å². The van der Waals surface area contributed by atoms with Crippen molar-refractivity contribution in [3.63, 3.8) is 0 Å². The molecule has 0 aliphatic rings. The highest BCUT2D eigenvalue weighted by atomic mass is 19.1. The lowest BCUT2D eigenvalue weighted by atomic mass is 10.1. The van der Waals surface area contributed by atoms with Crippen LogP contribution in [0.4, 0.5) is 4.39 Å². The molecule has 0 saturated carbocycles.